The number of fused-ring (bicyclic) bond motifs is 1. The van der Waals surface area contributed by atoms with Crippen molar-refractivity contribution in [2.45, 2.75) is 26.7 Å². The molecule has 0 aromatic heterocycles. The molecule has 1 atom stereocenters. The largest absolute Gasteiger partial charge is 0.326 e. The van der Waals surface area contributed by atoms with Crippen molar-refractivity contribution >= 4 is 11.6 Å². The third-order valence-electron chi connectivity index (χ3n) is 3.16. The number of anilines is 1. The van der Waals surface area contributed by atoms with Gasteiger partial charge in [-0.15, -0.1) is 0 Å². The Morgan fingerprint density at radius 1 is 1.27 bits per heavy atom. The van der Waals surface area contributed by atoms with E-state index in [1.165, 1.54) is 5.56 Å². The number of nitrogens with one attached hydrogen (secondary N) is 1. The van der Waals surface area contributed by atoms with Crippen LogP contribution in [0.2, 0.25) is 0 Å². The fourth-order valence-corrected chi connectivity index (χ4v) is 2.09. The Labute approximate surface area is 90.7 Å². The Balaban J connectivity index is 2.31. The molecule has 15 heavy (non-hydrogen) atoms. The van der Waals surface area contributed by atoms with Gasteiger partial charge in [-0.3, -0.25) is 4.79 Å². The molecule has 2 heteroatoms. The lowest BCUT2D eigenvalue weighted by Gasteiger charge is -2.17. The summed E-state index contributed by atoms with van der Waals surface area (Å²) < 4.78 is 0. The Hall–Kier alpha value is -1.31. The van der Waals surface area contributed by atoms with Gasteiger partial charge in [0, 0.05) is 12.1 Å². The molecule has 0 radical (unpaired) electrons. The molecular weight excluding hydrogens is 186 g/mol. The molecule has 0 saturated carbocycles. The number of hydrogen-bond donors (Lipinski definition) is 1. The first-order valence-corrected chi connectivity index (χ1v) is 5.54. The fourth-order valence-electron chi connectivity index (χ4n) is 2.09. The highest BCUT2D eigenvalue weighted by molar-refractivity contribution is 5.92. The molecule has 0 spiro atoms. The van der Waals surface area contributed by atoms with Crippen molar-refractivity contribution in [1.29, 1.82) is 0 Å². The topological polar surface area (TPSA) is 29.1 Å². The number of rotatable bonds is 1. The highest BCUT2D eigenvalue weighted by atomic mass is 16.1. The number of carbonyl (C=O) groups excluding carboxylic acids is 1. The lowest BCUT2D eigenvalue weighted by atomic mass is 9.87. The highest BCUT2D eigenvalue weighted by Crippen LogP contribution is 2.28. The van der Waals surface area contributed by atoms with Gasteiger partial charge in [-0.2, -0.15) is 0 Å². The van der Waals surface area contributed by atoms with Crippen LogP contribution in [0.3, 0.4) is 0 Å². The zero-order chi connectivity index (χ0) is 10.8. The van der Waals surface area contributed by atoms with Gasteiger partial charge in [-0.25, -0.2) is 0 Å². The lowest BCUT2D eigenvalue weighted by molar-refractivity contribution is -0.117. The first-order valence-electron chi connectivity index (χ1n) is 5.54. The molecule has 0 bridgehead atoms. The van der Waals surface area contributed by atoms with Gasteiger partial charge < -0.3 is 5.32 Å². The molecule has 2 nitrogen and oxygen atoms in total. The first-order chi connectivity index (χ1) is 7.16. The van der Waals surface area contributed by atoms with Crippen molar-refractivity contribution in [3.05, 3.63) is 29.8 Å². The number of benzene rings is 1. The van der Waals surface area contributed by atoms with Crippen LogP contribution in [0.25, 0.3) is 0 Å². The van der Waals surface area contributed by atoms with Crippen molar-refractivity contribution in [3.63, 3.8) is 0 Å². The maximum Gasteiger partial charge on any atom is 0.224 e. The van der Waals surface area contributed by atoms with E-state index in [4.69, 9.17) is 0 Å². The van der Waals surface area contributed by atoms with Crippen molar-refractivity contribution in [2.75, 3.05) is 5.32 Å². The minimum Gasteiger partial charge on any atom is -0.326 e. The number of para-hydroxylation sites is 1. The average molecular weight is 203 g/mol. The molecule has 0 aliphatic carbocycles. The van der Waals surface area contributed by atoms with Gasteiger partial charge in [-0.1, -0.05) is 32.0 Å². The third-order valence-corrected chi connectivity index (χ3v) is 3.16. The lowest BCUT2D eigenvalue weighted by Crippen LogP contribution is -2.17. The van der Waals surface area contributed by atoms with Gasteiger partial charge in [0.05, 0.1) is 0 Å². The van der Waals surface area contributed by atoms with Crippen LogP contribution in [0, 0.1) is 11.8 Å². The summed E-state index contributed by atoms with van der Waals surface area (Å²) in [6.07, 6.45) is 1.65. The maximum atomic E-state index is 11.6. The van der Waals surface area contributed by atoms with Crippen LogP contribution in [0.15, 0.2) is 24.3 Å². The van der Waals surface area contributed by atoms with Crippen LogP contribution in [0.1, 0.15) is 25.8 Å². The zero-order valence-electron chi connectivity index (χ0n) is 9.29. The van der Waals surface area contributed by atoms with E-state index in [9.17, 15) is 4.79 Å². The van der Waals surface area contributed by atoms with Crippen LogP contribution in [0.4, 0.5) is 5.69 Å². The number of amides is 1. The number of carbonyl (C=O) groups is 1. The van der Waals surface area contributed by atoms with Gasteiger partial charge in [0.15, 0.2) is 0 Å². The summed E-state index contributed by atoms with van der Waals surface area (Å²) in [4.78, 5) is 11.6. The Morgan fingerprint density at radius 2 is 2.00 bits per heavy atom. The molecule has 1 aliphatic rings. The molecule has 1 unspecified atom stereocenters. The molecule has 0 saturated heterocycles. The van der Waals surface area contributed by atoms with E-state index >= 15 is 0 Å². The minimum absolute atomic E-state index is 0.152. The van der Waals surface area contributed by atoms with Crippen LogP contribution in [0.5, 0.6) is 0 Å². The molecule has 1 aromatic rings. The fraction of sp³-hybridized carbons (Fsp3) is 0.462. The predicted octanol–water partition coefficient (Wildman–Crippen LogP) is 2.84. The van der Waals surface area contributed by atoms with Crippen LogP contribution < -0.4 is 5.32 Å². The van der Waals surface area contributed by atoms with Crippen molar-refractivity contribution in [1.82, 2.24) is 0 Å². The van der Waals surface area contributed by atoms with Crippen LogP contribution in [-0.4, -0.2) is 5.91 Å². The second kappa shape index (κ2) is 4.05. The molecule has 1 amide bonds. The molecule has 80 valence electrons. The monoisotopic (exact) mass is 203 g/mol. The van der Waals surface area contributed by atoms with Crippen molar-refractivity contribution < 1.29 is 4.79 Å². The van der Waals surface area contributed by atoms with E-state index in [1.54, 1.807) is 0 Å². The zero-order valence-corrected chi connectivity index (χ0v) is 9.29. The molecular formula is C13H17NO. The number of hydrogen-bond acceptors (Lipinski definition) is 1. The first kappa shape index (κ1) is 10.2. The van der Waals surface area contributed by atoms with E-state index in [0.717, 1.165) is 12.1 Å². The van der Waals surface area contributed by atoms with E-state index in [2.05, 4.69) is 25.2 Å². The second-order valence-electron chi connectivity index (χ2n) is 4.62. The molecule has 1 heterocycles. The average Bonchev–Trinajstić information content (AvgIpc) is 2.35. The predicted molar refractivity (Wildman–Crippen MR) is 61.7 cm³/mol. The summed E-state index contributed by atoms with van der Waals surface area (Å²) in [6, 6.07) is 8.09. The van der Waals surface area contributed by atoms with E-state index in [1.807, 2.05) is 18.2 Å². The normalized spacial score (nSPS) is 20.7. The summed E-state index contributed by atoms with van der Waals surface area (Å²) in [7, 11) is 0. The van der Waals surface area contributed by atoms with Gasteiger partial charge >= 0.3 is 0 Å². The van der Waals surface area contributed by atoms with Crippen LogP contribution >= 0.6 is 0 Å². The van der Waals surface area contributed by atoms with Crippen molar-refractivity contribution in [2.24, 2.45) is 11.8 Å². The summed E-state index contributed by atoms with van der Waals surface area (Å²) >= 11 is 0. The van der Waals surface area contributed by atoms with Crippen molar-refractivity contribution in [3.8, 4) is 0 Å². The quantitative estimate of drug-likeness (QED) is 0.747. The molecule has 1 aromatic carbocycles. The summed E-state index contributed by atoms with van der Waals surface area (Å²) in [5, 5.41) is 2.97. The standard InChI is InChI=1S/C13H17NO/c1-9(2)11-7-10-5-3-4-6-12(10)14-13(15)8-11/h3-6,9,11H,7-8H2,1-2H3,(H,14,15). The van der Waals surface area contributed by atoms with Gasteiger partial charge in [0.2, 0.25) is 5.91 Å². The Morgan fingerprint density at radius 3 is 2.73 bits per heavy atom. The molecule has 2 rings (SSSR count). The summed E-state index contributed by atoms with van der Waals surface area (Å²) in [6.45, 7) is 4.37. The van der Waals surface area contributed by atoms with E-state index in [0.29, 0.717) is 18.3 Å². The summed E-state index contributed by atoms with van der Waals surface area (Å²) in [5.74, 6) is 1.18. The maximum absolute atomic E-state index is 11.6. The summed E-state index contributed by atoms with van der Waals surface area (Å²) in [5.41, 5.74) is 2.26. The highest BCUT2D eigenvalue weighted by Gasteiger charge is 2.23. The van der Waals surface area contributed by atoms with E-state index in [-0.39, 0.29) is 5.91 Å². The van der Waals surface area contributed by atoms with Gasteiger partial charge in [0.1, 0.15) is 0 Å². The Bertz CT molecular complexity index is 371. The van der Waals surface area contributed by atoms with Crippen LogP contribution in [-0.2, 0) is 11.2 Å². The third kappa shape index (κ3) is 2.20. The SMILES string of the molecule is CC(C)C1CC(=O)Nc2ccccc2C1. The smallest absolute Gasteiger partial charge is 0.224 e. The Kier molecular flexibility index (Phi) is 2.76. The second-order valence-corrected chi connectivity index (χ2v) is 4.62. The van der Waals surface area contributed by atoms with Gasteiger partial charge in [0.25, 0.3) is 0 Å². The van der Waals surface area contributed by atoms with Gasteiger partial charge in [-0.05, 0) is 29.9 Å². The van der Waals surface area contributed by atoms with E-state index < -0.39 is 0 Å². The molecule has 0 fully saturated rings. The molecule has 1 aliphatic heterocycles. The minimum atomic E-state index is 0.152. The molecule has 1 N–H and O–H groups in total.